The highest BCUT2D eigenvalue weighted by molar-refractivity contribution is 4.68. The number of rotatable bonds is 46. The van der Waals surface area contributed by atoms with Crippen molar-refractivity contribution in [2.45, 2.75) is 73.6 Å². The summed E-state index contributed by atoms with van der Waals surface area (Å²) in [5, 5.41) is 115. The Hall–Kier alpha value is -0.960. The van der Waals surface area contributed by atoms with Gasteiger partial charge in [0.25, 0.3) is 0 Å². The van der Waals surface area contributed by atoms with Crippen molar-refractivity contribution in [1.29, 1.82) is 0 Å². The van der Waals surface area contributed by atoms with Gasteiger partial charge < -0.3 is 119 Å². The molecule has 0 rings (SSSR count). The molecule has 0 heterocycles. The first kappa shape index (κ1) is 59.0. The van der Waals surface area contributed by atoms with Gasteiger partial charge in [-0.3, -0.25) is 0 Å². The summed E-state index contributed by atoms with van der Waals surface area (Å²) in [7, 11) is 0. The topological polar surface area (TPSA) is 370 Å². The Balaban J connectivity index is 4.68. The van der Waals surface area contributed by atoms with Crippen molar-refractivity contribution >= 4 is 0 Å². The van der Waals surface area contributed by atoms with Gasteiger partial charge in [0.1, 0.15) is 67.1 Å². The molecule has 0 saturated heterocycles. The molecule has 0 aromatic rings. The van der Waals surface area contributed by atoms with Crippen LogP contribution in [0.3, 0.4) is 0 Å². The van der Waals surface area contributed by atoms with Gasteiger partial charge in [0.2, 0.25) is 0 Å². The minimum absolute atomic E-state index is 0.0663. The van der Waals surface area contributed by atoms with E-state index in [-0.39, 0.29) is 79.3 Å². The van der Waals surface area contributed by atoms with Crippen molar-refractivity contribution in [2.24, 2.45) is 5.73 Å². The molecule has 362 valence electrons. The Bertz CT molecular complexity index is 907. The van der Waals surface area contributed by atoms with E-state index in [1.165, 1.54) is 0 Å². The molecule has 0 bridgehead atoms. The lowest BCUT2D eigenvalue weighted by molar-refractivity contribution is -0.149. The first-order valence-corrected chi connectivity index (χ1v) is 19.9. The van der Waals surface area contributed by atoms with E-state index in [4.69, 9.17) is 62.9 Å². The number of hydrogen-bond acceptors (Lipinski definition) is 24. The second kappa shape index (κ2) is 40.8. The van der Waals surface area contributed by atoms with Gasteiger partial charge in [-0.05, 0) is 13.0 Å². The molecule has 24 nitrogen and oxygen atoms in total. The summed E-state index contributed by atoms with van der Waals surface area (Å²) in [5.74, 6) is 0. The van der Waals surface area contributed by atoms with Gasteiger partial charge in [0.05, 0.1) is 145 Å². The molecule has 24 heteroatoms. The summed E-state index contributed by atoms with van der Waals surface area (Å²) in [6.07, 6.45) is -8.99. The van der Waals surface area contributed by atoms with Crippen LogP contribution in [0, 0.1) is 0 Å². The minimum Gasteiger partial charge on any atom is -0.394 e. The van der Waals surface area contributed by atoms with Crippen molar-refractivity contribution in [3.05, 3.63) is 0 Å². The van der Waals surface area contributed by atoms with Crippen LogP contribution in [-0.2, 0) is 52.1 Å². The maximum atomic E-state index is 9.82. The molecule has 60 heavy (non-hydrogen) atoms. The van der Waals surface area contributed by atoms with E-state index in [1.54, 1.807) is 0 Å². The molecule has 0 aliphatic carbocycles. The third kappa shape index (κ3) is 30.2. The summed E-state index contributed by atoms with van der Waals surface area (Å²) in [4.78, 5) is 0. The highest BCUT2D eigenvalue weighted by Gasteiger charge is 2.23. The molecule has 0 saturated carbocycles. The first-order valence-electron chi connectivity index (χ1n) is 19.9. The van der Waals surface area contributed by atoms with Crippen LogP contribution >= 0.6 is 0 Å². The molecular weight excluding hydrogens is 814 g/mol. The van der Waals surface area contributed by atoms with Crippen LogP contribution in [0.25, 0.3) is 0 Å². The Morgan fingerprint density at radius 1 is 0.283 bits per heavy atom. The van der Waals surface area contributed by atoms with Gasteiger partial charge in [0.15, 0.2) is 0 Å². The van der Waals surface area contributed by atoms with E-state index in [9.17, 15) is 56.2 Å². The fraction of sp³-hybridized carbons (Fsp3) is 1.00. The first-order chi connectivity index (χ1) is 29.1. The number of ether oxygens (including phenoxy) is 11. The average molecular weight is 890 g/mol. The fourth-order valence-corrected chi connectivity index (χ4v) is 4.43. The normalized spacial score (nSPS) is 17.8. The van der Waals surface area contributed by atoms with Crippen LogP contribution < -0.4 is 5.73 Å². The molecular formula is C36H75NO23. The SMILES string of the molecule is NCCCOCC(CO)OCC(CO)OCC(CO)OCC(CO)OCC(CO)OCC(CO)OCC(CO)OCC(CO)OCC(CO)OCC(CO)OCC(O)CO. The van der Waals surface area contributed by atoms with Gasteiger partial charge in [-0.2, -0.15) is 0 Å². The van der Waals surface area contributed by atoms with Crippen LogP contribution in [0.5, 0.6) is 0 Å². The Morgan fingerprint density at radius 2 is 0.483 bits per heavy atom. The van der Waals surface area contributed by atoms with Crippen molar-refractivity contribution in [2.75, 3.05) is 159 Å². The lowest BCUT2D eigenvalue weighted by Crippen LogP contribution is -2.38. The highest BCUT2D eigenvalue weighted by atomic mass is 16.6. The molecule has 0 aromatic heterocycles. The molecule has 14 N–H and O–H groups in total. The predicted octanol–water partition coefficient (Wildman–Crippen LogP) is -7.52. The molecule has 0 aromatic carbocycles. The van der Waals surface area contributed by atoms with Gasteiger partial charge in [0, 0.05) is 6.61 Å². The number of nitrogens with two attached hydrogens (primary N) is 1. The number of aliphatic hydroxyl groups is 12. The Morgan fingerprint density at radius 3 is 0.667 bits per heavy atom. The molecule has 0 amide bonds. The summed E-state index contributed by atoms with van der Waals surface area (Å²) >= 11 is 0. The molecule has 0 radical (unpaired) electrons. The number of hydrogen-bond donors (Lipinski definition) is 13. The second-order valence-electron chi connectivity index (χ2n) is 13.4. The summed E-state index contributed by atoms with van der Waals surface area (Å²) in [6, 6.07) is 0. The van der Waals surface area contributed by atoms with Crippen LogP contribution in [0.1, 0.15) is 6.42 Å². The van der Waals surface area contributed by atoms with Gasteiger partial charge in [-0.1, -0.05) is 0 Å². The lowest BCUT2D eigenvalue weighted by Gasteiger charge is -2.26. The van der Waals surface area contributed by atoms with Gasteiger partial charge >= 0.3 is 0 Å². The zero-order chi connectivity index (χ0) is 44.8. The lowest BCUT2D eigenvalue weighted by atomic mass is 10.3. The van der Waals surface area contributed by atoms with Crippen molar-refractivity contribution in [3.63, 3.8) is 0 Å². The molecule has 11 atom stereocenters. The van der Waals surface area contributed by atoms with Crippen LogP contribution in [-0.4, -0.2) is 287 Å². The van der Waals surface area contributed by atoms with Crippen LogP contribution in [0.15, 0.2) is 0 Å². The second-order valence-corrected chi connectivity index (χ2v) is 13.4. The van der Waals surface area contributed by atoms with E-state index in [1.807, 2.05) is 0 Å². The zero-order valence-electron chi connectivity index (χ0n) is 34.5. The largest absolute Gasteiger partial charge is 0.394 e. The molecule has 0 aliphatic heterocycles. The minimum atomic E-state index is -1.13. The monoisotopic (exact) mass is 889 g/mol. The third-order valence-corrected chi connectivity index (χ3v) is 8.23. The average Bonchev–Trinajstić information content (AvgIpc) is 3.28. The summed E-state index contributed by atoms with van der Waals surface area (Å²) < 4.78 is 60.9. The standard InChI is InChI=1S/C36H75NO23/c37-2-1-3-50-16-27(5-39)52-18-29(7-41)54-20-31(9-43)56-22-33(11-45)58-24-35(13-47)60-25-36(14-48)59-23-34(12-46)57-21-32(10-44)55-19-30(8-42)53-17-28(6-40)51-15-26(49)4-38/h26-36,38-49H,1-25,37H2. The maximum Gasteiger partial charge on any atom is 0.104 e. The van der Waals surface area contributed by atoms with Crippen molar-refractivity contribution in [3.8, 4) is 0 Å². The van der Waals surface area contributed by atoms with Crippen LogP contribution in [0.4, 0.5) is 0 Å². The fourth-order valence-electron chi connectivity index (χ4n) is 4.43. The smallest absolute Gasteiger partial charge is 0.104 e. The summed E-state index contributed by atoms with van der Waals surface area (Å²) in [6.45, 7) is -5.86. The van der Waals surface area contributed by atoms with Gasteiger partial charge in [-0.25, -0.2) is 0 Å². The Kier molecular flexibility index (Phi) is 40.1. The van der Waals surface area contributed by atoms with E-state index in [2.05, 4.69) is 0 Å². The van der Waals surface area contributed by atoms with E-state index >= 15 is 0 Å². The predicted molar refractivity (Wildman–Crippen MR) is 206 cm³/mol. The van der Waals surface area contributed by atoms with Crippen molar-refractivity contribution in [1.82, 2.24) is 0 Å². The Labute approximate surface area is 351 Å². The molecule has 0 spiro atoms. The van der Waals surface area contributed by atoms with E-state index < -0.39 is 133 Å². The quantitative estimate of drug-likeness (QED) is 0.0253. The molecule has 0 fully saturated rings. The number of aliphatic hydroxyl groups excluding tert-OH is 12. The third-order valence-electron chi connectivity index (χ3n) is 8.23. The van der Waals surface area contributed by atoms with E-state index in [0.29, 0.717) is 19.6 Å². The van der Waals surface area contributed by atoms with Crippen LogP contribution in [0.2, 0.25) is 0 Å². The summed E-state index contributed by atoms with van der Waals surface area (Å²) in [5.41, 5.74) is 5.42. The zero-order valence-corrected chi connectivity index (χ0v) is 34.5. The van der Waals surface area contributed by atoms with E-state index in [0.717, 1.165) is 0 Å². The van der Waals surface area contributed by atoms with Crippen molar-refractivity contribution < 1.29 is 113 Å². The highest BCUT2D eigenvalue weighted by Crippen LogP contribution is 2.08. The molecule has 11 unspecified atom stereocenters. The maximum absolute atomic E-state index is 9.82. The molecule has 0 aliphatic rings. The van der Waals surface area contributed by atoms with Gasteiger partial charge in [-0.15, -0.1) is 0 Å².